The second-order valence-corrected chi connectivity index (χ2v) is 10.0. The first-order chi connectivity index (χ1) is 16.6. The van der Waals surface area contributed by atoms with E-state index in [4.69, 9.17) is 10.5 Å². The first-order valence-electron chi connectivity index (χ1n) is 11.8. The van der Waals surface area contributed by atoms with Gasteiger partial charge >= 0.3 is 5.97 Å². The van der Waals surface area contributed by atoms with Gasteiger partial charge in [0.05, 0.1) is 30.2 Å². The summed E-state index contributed by atoms with van der Waals surface area (Å²) in [6, 6.07) is 11.9. The van der Waals surface area contributed by atoms with Crippen LogP contribution in [0, 0.1) is 11.3 Å². The summed E-state index contributed by atoms with van der Waals surface area (Å²) in [5.41, 5.74) is 11.0. The third-order valence-corrected chi connectivity index (χ3v) is 8.32. The van der Waals surface area contributed by atoms with Gasteiger partial charge in [-0.1, -0.05) is 36.8 Å². The number of nitrogens with two attached hydrogens (primary N) is 1. The molecule has 2 N–H and O–H groups in total. The molecule has 34 heavy (non-hydrogen) atoms. The minimum atomic E-state index is -0.496. The van der Waals surface area contributed by atoms with Crippen molar-refractivity contribution in [2.75, 3.05) is 12.0 Å². The van der Waals surface area contributed by atoms with Crippen LogP contribution in [0.5, 0.6) is 0 Å². The molecule has 3 aliphatic rings. The van der Waals surface area contributed by atoms with Crippen molar-refractivity contribution < 1.29 is 14.3 Å². The maximum atomic E-state index is 13.3. The lowest BCUT2D eigenvalue weighted by Crippen LogP contribution is -2.39. The van der Waals surface area contributed by atoms with Crippen LogP contribution < -0.4 is 10.6 Å². The standard InChI is InChI=1S/C27H27N3O3S/c1-33-27(32)23-17-11-6-3-7-14-21(17)34-26(23)30-19-12-8-13-20(31)24(19)22(18(15-28)25(30)29)16-9-4-2-5-10-16/h2,4-5,9-10,22H,3,6-8,11-14,29H2,1H3. The van der Waals surface area contributed by atoms with Gasteiger partial charge in [0.1, 0.15) is 10.8 Å². The number of hydrogen-bond acceptors (Lipinski definition) is 7. The van der Waals surface area contributed by atoms with E-state index in [0.29, 0.717) is 46.8 Å². The van der Waals surface area contributed by atoms with Gasteiger partial charge in [0.2, 0.25) is 0 Å². The van der Waals surface area contributed by atoms with Gasteiger partial charge in [-0.15, -0.1) is 11.3 Å². The second-order valence-electron chi connectivity index (χ2n) is 8.96. The largest absolute Gasteiger partial charge is 0.465 e. The van der Waals surface area contributed by atoms with E-state index in [0.717, 1.165) is 48.9 Å². The molecule has 0 saturated heterocycles. The summed E-state index contributed by atoms with van der Waals surface area (Å²) in [7, 11) is 1.39. The van der Waals surface area contributed by atoms with Gasteiger partial charge in [0.25, 0.3) is 0 Å². The maximum Gasteiger partial charge on any atom is 0.341 e. The highest BCUT2D eigenvalue weighted by molar-refractivity contribution is 7.16. The summed E-state index contributed by atoms with van der Waals surface area (Å²) < 4.78 is 5.21. The fraction of sp³-hybridized carbons (Fsp3) is 0.370. The molecule has 2 aromatic rings. The Morgan fingerprint density at radius 3 is 2.62 bits per heavy atom. The normalized spacial score (nSPS) is 20.4. The summed E-state index contributed by atoms with van der Waals surface area (Å²) >= 11 is 1.55. The Bertz CT molecular complexity index is 1270. The number of nitriles is 1. The number of methoxy groups -OCH3 is 1. The van der Waals surface area contributed by atoms with Crippen molar-refractivity contribution in [3.63, 3.8) is 0 Å². The number of allylic oxidation sites excluding steroid dienone is 3. The lowest BCUT2D eigenvalue weighted by Gasteiger charge is -2.39. The van der Waals surface area contributed by atoms with Crippen molar-refractivity contribution in [3.8, 4) is 6.07 Å². The van der Waals surface area contributed by atoms with E-state index in [1.54, 1.807) is 11.3 Å². The van der Waals surface area contributed by atoms with Gasteiger partial charge in [-0.2, -0.15) is 5.26 Å². The average Bonchev–Trinajstić information content (AvgIpc) is 3.04. The molecule has 5 rings (SSSR count). The van der Waals surface area contributed by atoms with E-state index in [2.05, 4.69) is 6.07 Å². The topological polar surface area (TPSA) is 96.4 Å². The fourth-order valence-electron chi connectivity index (χ4n) is 5.50. The number of benzene rings is 1. The van der Waals surface area contributed by atoms with Crippen molar-refractivity contribution in [1.29, 1.82) is 5.26 Å². The molecule has 7 heteroatoms. The Kier molecular flexibility index (Phi) is 6.01. The quantitative estimate of drug-likeness (QED) is 0.492. The van der Waals surface area contributed by atoms with Gasteiger partial charge < -0.3 is 10.5 Å². The van der Waals surface area contributed by atoms with Crippen LogP contribution in [-0.2, 0) is 22.4 Å². The summed E-state index contributed by atoms with van der Waals surface area (Å²) in [4.78, 5) is 29.4. The van der Waals surface area contributed by atoms with E-state index >= 15 is 0 Å². The Morgan fingerprint density at radius 2 is 1.88 bits per heavy atom. The van der Waals surface area contributed by atoms with Crippen LogP contribution in [0.4, 0.5) is 5.00 Å². The average molecular weight is 474 g/mol. The molecule has 0 spiro atoms. The number of fused-ring (bicyclic) bond motifs is 1. The molecular formula is C27H27N3O3S. The highest BCUT2D eigenvalue weighted by Gasteiger charge is 2.42. The zero-order valence-electron chi connectivity index (χ0n) is 19.2. The van der Waals surface area contributed by atoms with Crippen molar-refractivity contribution in [3.05, 3.63) is 74.6 Å². The smallest absolute Gasteiger partial charge is 0.341 e. The molecule has 0 amide bonds. The molecule has 0 fully saturated rings. The molecule has 0 bridgehead atoms. The fourth-order valence-corrected chi connectivity index (χ4v) is 6.91. The Labute approximate surface area is 203 Å². The zero-order chi connectivity index (χ0) is 23.8. The van der Waals surface area contributed by atoms with E-state index in [-0.39, 0.29) is 5.78 Å². The predicted octanol–water partition coefficient (Wildman–Crippen LogP) is 5.11. The number of esters is 1. The van der Waals surface area contributed by atoms with Crippen molar-refractivity contribution in [1.82, 2.24) is 0 Å². The number of anilines is 1. The monoisotopic (exact) mass is 473 g/mol. The van der Waals surface area contributed by atoms with E-state index in [9.17, 15) is 14.9 Å². The van der Waals surface area contributed by atoms with Gasteiger partial charge in [-0.3, -0.25) is 9.69 Å². The zero-order valence-corrected chi connectivity index (χ0v) is 20.0. The molecule has 1 aromatic heterocycles. The maximum absolute atomic E-state index is 13.3. The van der Waals surface area contributed by atoms with Gasteiger partial charge in [-0.25, -0.2) is 4.79 Å². The number of ketones is 1. The first kappa shape index (κ1) is 22.4. The molecule has 1 aromatic carbocycles. The first-order valence-corrected chi connectivity index (χ1v) is 12.6. The number of Topliss-reactive ketones (excluding diaryl/α,β-unsaturated/α-hetero) is 1. The van der Waals surface area contributed by atoms with Gasteiger partial charge in [0, 0.05) is 22.6 Å². The lowest BCUT2D eigenvalue weighted by atomic mass is 9.75. The lowest BCUT2D eigenvalue weighted by molar-refractivity contribution is -0.116. The van der Waals surface area contributed by atoms with E-state index < -0.39 is 11.9 Å². The molecule has 0 radical (unpaired) electrons. The Hall–Kier alpha value is -3.37. The van der Waals surface area contributed by atoms with E-state index in [1.165, 1.54) is 12.0 Å². The van der Waals surface area contributed by atoms with Crippen LogP contribution in [-0.4, -0.2) is 18.9 Å². The van der Waals surface area contributed by atoms with Crippen molar-refractivity contribution >= 4 is 28.1 Å². The summed E-state index contributed by atoms with van der Waals surface area (Å²) in [5, 5.41) is 10.9. The number of ether oxygens (including phenoxy) is 1. The number of hydrogen-bond donors (Lipinski definition) is 1. The molecule has 6 nitrogen and oxygen atoms in total. The molecule has 1 unspecified atom stereocenters. The summed E-state index contributed by atoms with van der Waals surface area (Å²) in [6.07, 6.45) is 6.76. The summed E-state index contributed by atoms with van der Waals surface area (Å²) in [6.45, 7) is 0. The van der Waals surface area contributed by atoms with Crippen LogP contribution in [0.1, 0.15) is 70.8 Å². The highest BCUT2D eigenvalue weighted by Crippen LogP contribution is 2.50. The van der Waals surface area contributed by atoms with Gasteiger partial charge in [0.15, 0.2) is 5.78 Å². The minimum absolute atomic E-state index is 0.0399. The van der Waals surface area contributed by atoms with Crippen LogP contribution in [0.3, 0.4) is 0 Å². The highest BCUT2D eigenvalue weighted by atomic mass is 32.1. The molecule has 2 aliphatic carbocycles. The molecule has 1 aliphatic heterocycles. The molecule has 2 heterocycles. The molecule has 174 valence electrons. The number of carbonyl (C=O) groups is 2. The third kappa shape index (κ3) is 3.54. The van der Waals surface area contributed by atoms with Crippen molar-refractivity contribution in [2.24, 2.45) is 5.73 Å². The van der Waals surface area contributed by atoms with Crippen LogP contribution in [0.15, 0.2) is 53.0 Å². The van der Waals surface area contributed by atoms with E-state index in [1.807, 2.05) is 35.2 Å². The second kappa shape index (κ2) is 9.11. The summed E-state index contributed by atoms with van der Waals surface area (Å²) in [5.74, 6) is -0.552. The number of aryl methyl sites for hydroxylation is 1. The molecule has 0 saturated carbocycles. The minimum Gasteiger partial charge on any atom is -0.465 e. The molecule has 1 atom stereocenters. The third-order valence-electron chi connectivity index (χ3n) is 7.04. The Morgan fingerprint density at radius 1 is 1.12 bits per heavy atom. The van der Waals surface area contributed by atoms with Crippen LogP contribution >= 0.6 is 11.3 Å². The Balaban J connectivity index is 1.77. The number of rotatable bonds is 3. The number of carbonyl (C=O) groups excluding carboxylic acids is 2. The SMILES string of the molecule is COC(=O)c1c(N2C(N)=C(C#N)C(c3ccccc3)C3=C2CCCC3=O)sc2c1CCCCC2. The predicted molar refractivity (Wildman–Crippen MR) is 131 cm³/mol. The van der Waals surface area contributed by atoms with Crippen LogP contribution in [0.25, 0.3) is 0 Å². The number of thiophene rings is 1. The van der Waals surface area contributed by atoms with Crippen LogP contribution in [0.2, 0.25) is 0 Å². The molecular weight excluding hydrogens is 446 g/mol. The van der Waals surface area contributed by atoms with Crippen molar-refractivity contribution in [2.45, 2.75) is 57.3 Å². The number of nitrogens with zero attached hydrogens (tertiary/aromatic N) is 2. The van der Waals surface area contributed by atoms with Gasteiger partial charge in [-0.05, 0) is 49.7 Å².